The second kappa shape index (κ2) is 6.04. The molecule has 1 aromatic rings. The Balaban J connectivity index is 1.70. The molecule has 3 heteroatoms. The number of hydrogen-bond acceptors (Lipinski definition) is 3. The van der Waals surface area contributed by atoms with E-state index in [0.717, 1.165) is 25.6 Å². The molecule has 1 aromatic carbocycles. The summed E-state index contributed by atoms with van der Waals surface area (Å²) in [6.45, 7) is 1.82. The minimum atomic E-state index is 0.286. The highest BCUT2D eigenvalue weighted by Gasteiger charge is 2.21. The Hall–Kier alpha value is -0.900. The molecular weight excluding hydrogens is 236 g/mol. The van der Waals surface area contributed by atoms with Crippen molar-refractivity contribution in [3.63, 3.8) is 0 Å². The zero-order valence-corrected chi connectivity index (χ0v) is 11.5. The third-order valence-corrected chi connectivity index (χ3v) is 4.64. The zero-order chi connectivity index (χ0) is 13.1. The third kappa shape index (κ3) is 2.99. The van der Waals surface area contributed by atoms with Crippen LogP contribution < -0.4 is 11.3 Å². The quantitative estimate of drug-likeness (QED) is 0.646. The molecule has 0 radical (unpaired) electrons. The van der Waals surface area contributed by atoms with Crippen LogP contribution in [0.25, 0.3) is 0 Å². The van der Waals surface area contributed by atoms with Crippen LogP contribution in [0.1, 0.15) is 48.4 Å². The maximum Gasteiger partial charge on any atom is 0.0468 e. The third-order valence-electron chi connectivity index (χ3n) is 4.64. The minimum absolute atomic E-state index is 0.286. The number of nitrogens with one attached hydrogen (secondary N) is 1. The second-order valence-corrected chi connectivity index (χ2v) is 5.89. The highest BCUT2D eigenvalue weighted by molar-refractivity contribution is 5.36. The molecule has 1 heterocycles. The topological polar surface area (TPSA) is 47.3 Å². The average Bonchev–Trinajstić information content (AvgIpc) is 2.93. The van der Waals surface area contributed by atoms with Crippen molar-refractivity contribution in [3.05, 3.63) is 34.9 Å². The number of benzene rings is 1. The van der Waals surface area contributed by atoms with Gasteiger partial charge in [-0.25, -0.2) is 0 Å². The van der Waals surface area contributed by atoms with Gasteiger partial charge in [-0.3, -0.25) is 11.3 Å². The number of nitrogens with two attached hydrogens (primary N) is 1. The summed E-state index contributed by atoms with van der Waals surface area (Å²) in [7, 11) is 0. The molecule has 2 aliphatic rings. The summed E-state index contributed by atoms with van der Waals surface area (Å²) in [6.07, 6.45) is 7.25. The summed E-state index contributed by atoms with van der Waals surface area (Å²) >= 11 is 0. The minimum Gasteiger partial charge on any atom is -0.381 e. The van der Waals surface area contributed by atoms with Crippen LogP contribution in [-0.2, 0) is 17.6 Å². The van der Waals surface area contributed by atoms with Crippen molar-refractivity contribution < 1.29 is 4.74 Å². The molecule has 1 atom stereocenters. The smallest absolute Gasteiger partial charge is 0.0468 e. The first-order valence-electron chi connectivity index (χ1n) is 7.52. The lowest BCUT2D eigenvalue weighted by Gasteiger charge is -2.26. The first-order chi connectivity index (χ1) is 9.36. The van der Waals surface area contributed by atoms with Crippen molar-refractivity contribution in [2.45, 2.75) is 44.6 Å². The van der Waals surface area contributed by atoms with Crippen LogP contribution in [0.3, 0.4) is 0 Å². The van der Waals surface area contributed by atoms with E-state index in [1.165, 1.54) is 48.8 Å². The Labute approximate surface area is 115 Å². The molecule has 1 aliphatic heterocycles. The summed E-state index contributed by atoms with van der Waals surface area (Å²) < 4.78 is 5.43. The summed E-state index contributed by atoms with van der Waals surface area (Å²) in [4.78, 5) is 0. The van der Waals surface area contributed by atoms with E-state index in [-0.39, 0.29) is 6.04 Å². The summed E-state index contributed by atoms with van der Waals surface area (Å²) in [5, 5.41) is 0. The molecule has 3 rings (SSSR count). The number of rotatable bonds is 4. The van der Waals surface area contributed by atoms with Crippen molar-refractivity contribution in [2.75, 3.05) is 13.2 Å². The first kappa shape index (κ1) is 13.1. The SMILES string of the molecule is NNC(CC1CCOCC1)c1ccc2c(c1)CCC2. The lowest BCUT2D eigenvalue weighted by Crippen LogP contribution is -2.31. The van der Waals surface area contributed by atoms with Gasteiger partial charge in [0.2, 0.25) is 0 Å². The van der Waals surface area contributed by atoms with Gasteiger partial charge in [0.25, 0.3) is 0 Å². The number of hydrogen-bond donors (Lipinski definition) is 2. The van der Waals surface area contributed by atoms with Crippen LogP contribution in [-0.4, -0.2) is 13.2 Å². The molecule has 104 valence electrons. The van der Waals surface area contributed by atoms with Crippen LogP contribution in [0, 0.1) is 5.92 Å². The van der Waals surface area contributed by atoms with E-state index in [2.05, 4.69) is 23.6 Å². The molecule has 1 fully saturated rings. The number of aryl methyl sites for hydroxylation is 2. The maximum atomic E-state index is 5.79. The van der Waals surface area contributed by atoms with Crippen molar-refractivity contribution in [1.29, 1.82) is 0 Å². The van der Waals surface area contributed by atoms with E-state index in [0.29, 0.717) is 0 Å². The van der Waals surface area contributed by atoms with Crippen molar-refractivity contribution in [2.24, 2.45) is 11.8 Å². The van der Waals surface area contributed by atoms with Gasteiger partial charge in [-0.15, -0.1) is 0 Å². The normalized spacial score (nSPS) is 21.3. The summed E-state index contributed by atoms with van der Waals surface area (Å²) in [6, 6.07) is 7.21. The zero-order valence-electron chi connectivity index (χ0n) is 11.5. The highest BCUT2D eigenvalue weighted by atomic mass is 16.5. The fraction of sp³-hybridized carbons (Fsp3) is 0.625. The molecule has 0 bridgehead atoms. The van der Waals surface area contributed by atoms with E-state index >= 15 is 0 Å². The number of fused-ring (bicyclic) bond motifs is 1. The van der Waals surface area contributed by atoms with Crippen LogP contribution in [0.15, 0.2) is 18.2 Å². The largest absolute Gasteiger partial charge is 0.381 e. The molecule has 0 amide bonds. The monoisotopic (exact) mass is 260 g/mol. The van der Waals surface area contributed by atoms with E-state index in [1.807, 2.05) is 0 Å². The Morgan fingerprint density at radius 3 is 2.79 bits per heavy atom. The molecular formula is C16H24N2O. The maximum absolute atomic E-state index is 5.79. The van der Waals surface area contributed by atoms with Crippen LogP contribution in [0.4, 0.5) is 0 Å². The van der Waals surface area contributed by atoms with Gasteiger partial charge >= 0.3 is 0 Å². The molecule has 3 nitrogen and oxygen atoms in total. The van der Waals surface area contributed by atoms with Crippen molar-refractivity contribution in [3.8, 4) is 0 Å². The highest BCUT2D eigenvalue weighted by Crippen LogP contribution is 2.30. The number of hydrazine groups is 1. The lowest BCUT2D eigenvalue weighted by atomic mass is 9.89. The van der Waals surface area contributed by atoms with Gasteiger partial charge in [-0.2, -0.15) is 0 Å². The number of ether oxygens (including phenoxy) is 1. The fourth-order valence-electron chi connectivity index (χ4n) is 3.42. The molecule has 1 unspecified atom stereocenters. The Bertz CT molecular complexity index is 427. The second-order valence-electron chi connectivity index (χ2n) is 5.89. The average molecular weight is 260 g/mol. The van der Waals surface area contributed by atoms with Gasteiger partial charge in [0.1, 0.15) is 0 Å². The van der Waals surface area contributed by atoms with Crippen molar-refractivity contribution >= 4 is 0 Å². The predicted molar refractivity (Wildman–Crippen MR) is 76.7 cm³/mol. The summed E-state index contributed by atoms with van der Waals surface area (Å²) in [5.74, 6) is 6.52. The molecule has 19 heavy (non-hydrogen) atoms. The van der Waals surface area contributed by atoms with Gasteiger partial charge in [0, 0.05) is 19.3 Å². The lowest BCUT2D eigenvalue weighted by molar-refractivity contribution is 0.0605. The molecule has 0 spiro atoms. The van der Waals surface area contributed by atoms with Gasteiger partial charge in [0.05, 0.1) is 0 Å². The van der Waals surface area contributed by atoms with E-state index < -0.39 is 0 Å². The molecule has 0 saturated carbocycles. The van der Waals surface area contributed by atoms with Gasteiger partial charge < -0.3 is 4.74 Å². The van der Waals surface area contributed by atoms with Gasteiger partial charge in [-0.1, -0.05) is 18.2 Å². The van der Waals surface area contributed by atoms with E-state index in [4.69, 9.17) is 10.6 Å². The molecule has 3 N–H and O–H groups in total. The first-order valence-corrected chi connectivity index (χ1v) is 7.52. The molecule has 1 aliphatic carbocycles. The van der Waals surface area contributed by atoms with Crippen LogP contribution >= 0.6 is 0 Å². The molecule has 1 saturated heterocycles. The van der Waals surface area contributed by atoms with Gasteiger partial charge in [0.15, 0.2) is 0 Å². The predicted octanol–water partition coefficient (Wildman–Crippen LogP) is 2.50. The Morgan fingerprint density at radius 2 is 2.00 bits per heavy atom. The standard InChI is InChI=1S/C16H24N2O/c17-18-16(10-12-6-8-19-9-7-12)15-5-4-13-2-1-3-14(13)11-15/h4-5,11-12,16,18H,1-3,6-10,17H2. The Morgan fingerprint density at radius 1 is 1.21 bits per heavy atom. The van der Waals surface area contributed by atoms with Crippen LogP contribution in [0.2, 0.25) is 0 Å². The van der Waals surface area contributed by atoms with Crippen molar-refractivity contribution in [1.82, 2.24) is 5.43 Å². The van der Waals surface area contributed by atoms with Gasteiger partial charge in [-0.05, 0) is 61.1 Å². The van der Waals surface area contributed by atoms with E-state index in [9.17, 15) is 0 Å². The van der Waals surface area contributed by atoms with Crippen LogP contribution in [0.5, 0.6) is 0 Å². The summed E-state index contributed by atoms with van der Waals surface area (Å²) in [5.41, 5.74) is 7.44. The van der Waals surface area contributed by atoms with E-state index in [1.54, 1.807) is 0 Å². The Kier molecular flexibility index (Phi) is 4.16. The fourth-order valence-corrected chi connectivity index (χ4v) is 3.42. The molecule has 0 aromatic heterocycles.